The first-order chi connectivity index (χ1) is 11.1. The predicted molar refractivity (Wildman–Crippen MR) is 91.2 cm³/mol. The molecule has 1 unspecified atom stereocenters. The first kappa shape index (κ1) is 17.7. The Balaban J connectivity index is 1.76. The molecule has 5 nitrogen and oxygen atoms in total. The standard InChI is InChI=1S/C17H27FN4O/c1-14(17(23)20-9-3-8-19-2)21-10-12-22(13-11-21)16-6-4-15(18)5-7-16/h4-7,14,19H,3,8-13H2,1-2H3,(H,20,23). The minimum absolute atomic E-state index is 0.0938. The maximum Gasteiger partial charge on any atom is 0.237 e. The monoisotopic (exact) mass is 322 g/mol. The van der Waals surface area contributed by atoms with Crippen molar-refractivity contribution in [3.63, 3.8) is 0 Å². The van der Waals surface area contributed by atoms with Crippen molar-refractivity contribution < 1.29 is 9.18 Å². The molecule has 0 radical (unpaired) electrons. The maximum absolute atomic E-state index is 13.0. The number of nitrogens with zero attached hydrogens (tertiary/aromatic N) is 2. The first-order valence-corrected chi connectivity index (χ1v) is 8.28. The number of amides is 1. The van der Waals surface area contributed by atoms with Gasteiger partial charge in [0.1, 0.15) is 5.82 Å². The zero-order chi connectivity index (χ0) is 16.7. The molecule has 2 rings (SSSR count). The van der Waals surface area contributed by atoms with Crippen LogP contribution in [-0.2, 0) is 4.79 Å². The van der Waals surface area contributed by atoms with E-state index in [0.29, 0.717) is 6.54 Å². The van der Waals surface area contributed by atoms with Gasteiger partial charge in [-0.05, 0) is 51.2 Å². The highest BCUT2D eigenvalue weighted by Crippen LogP contribution is 2.17. The highest BCUT2D eigenvalue weighted by molar-refractivity contribution is 5.81. The summed E-state index contributed by atoms with van der Waals surface area (Å²) < 4.78 is 13.0. The van der Waals surface area contributed by atoms with Crippen molar-refractivity contribution in [1.82, 2.24) is 15.5 Å². The molecule has 128 valence electrons. The van der Waals surface area contributed by atoms with E-state index in [1.807, 2.05) is 26.1 Å². The van der Waals surface area contributed by atoms with Crippen molar-refractivity contribution in [2.45, 2.75) is 19.4 Å². The summed E-state index contributed by atoms with van der Waals surface area (Å²) in [5, 5.41) is 6.05. The van der Waals surface area contributed by atoms with Crippen LogP contribution in [0.5, 0.6) is 0 Å². The van der Waals surface area contributed by atoms with E-state index in [-0.39, 0.29) is 17.8 Å². The van der Waals surface area contributed by atoms with Gasteiger partial charge >= 0.3 is 0 Å². The third-order valence-electron chi connectivity index (χ3n) is 4.34. The average Bonchev–Trinajstić information content (AvgIpc) is 2.59. The molecule has 2 N–H and O–H groups in total. The van der Waals surface area contributed by atoms with Crippen LogP contribution in [0.1, 0.15) is 13.3 Å². The Morgan fingerprint density at radius 3 is 2.43 bits per heavy atom. The number of rotatable bonds is 7. The minimum atomic E-state index is -0.212. The molecule has 0 aromatic heterocycles. The summed E-state index contributed by atoms with van der Waals surface area (Å²) in [4.78, 5) is 16.6. The minimum Gasteiger partial charge on any atom is -0.369 e. The number of halogens is 1. The first-order valence-electron chi connectivity index (χ1n) is 8.28. The molecule has 1 aromatic carbocycles. The van der Waals surface area contributed by atoms with E-state index in [2.05, 4.69) is 20.4 Å². The fraction of sp³-hybridized carbons (Fsp3) is 0.588. The highest BCUT2D eigenvalue weighted by atomic mass is 19.1. The smallest absolute Gasteiger partial charge is 0.237 e. The molecule has 0 aliphatic carbocycles. The molecule has 1 saturated heterocycles. The molecule has 1 amide bonds. The molecule has 23 heavy (non-hydrogen) atoms. The maximum atomic E-state index is 13.0. The van der Waals surface area contributed by atoms with Crippen LogP contribution in [0.3, 0.4) is 0 Å². The number of anilines is 1. The van der Waals surface area contributed by atoms with Gasteiger partial charge in [-0.1, -0.05) is 0 Å². The zero-order valence-electron chi connectivity index (χ0n) is 14.0. The molecule has 6 heteroatoms. The summed E-state index contributed by atoms with van der Waals surface area (Å²) in [7, 11) is 1.91. The SMILES string of the molecule is CNCCCNC(=O)C(C)N1CCN(c2ccc(F)cc2)CC1. The van der Waals surface area contributed by atoms with Crippen molar-refractivity contribution >= 4 is 11.6 Å². The van der Waals surface area contributed by atoms with Crippen LogP contribution >= 0.6 is 0 Å². The number of nitrogens with one attached hydrogen (secondary N) is 2. The fourth-order valence-electron chi connectivity index (χ4n) is 2.81. The summed E-state index contributed by atoms with van der Waals surface area (Å²) in [6, 6.07) is 6.48. The molecular weight excluding hydrogens is 295 g/mol. The number of carbonyl (C=O) groups excluding carboxylic acids is 1. The third kappa shape index (κ3) is 5.18. The molecule has 1 aliphatic rings. The van der Waals surface area contributed by atoms with Crippen molar-refractivity contribution in [1.29, 1.82) is 0 Å². The van der Waals surface area contributed by atoms with Crippen molar-refractivity contribution in [3.8, 4) is 0 Å². The van der Waals surface area contributed by atoms with Crippen LogP contribution < -0.4 is 15.5 Å². The second kappa shape index (κ2) is 8.84. The van der Waals surface area contributed by atoms with Crippen LogP contribution in [0.2, 0.25) is 0 Å². The molecule has 0 bridgehead atoms. The van der Waals surface area contributed by atoms with Gasteiger partial charge in [-0.2, -0.15) is 0 Å². The molecular formula is C17H27FN4O. The number of hydrogen-bond donors (Lipinski definition) is 2. The molecule has 1 heterocycles. The Kier molecular flexibility index (Phi) is 6.80. The molecule has 0 spiro atoms. The van der Waals surface area contributed by atoms with E-state index in [1.165, 1.54) is 12.1 Å². The van der Waals surface area contributed by atoms with E-state index in [4.69, 9.17) is 0 Å². The van der Waals surface area contributed by atoms with Gasteiger partial charge in [0.25, 0.3) is 0 Å². The number of carbonyl (C=O) groups is 1. The van der Waals surface area contributed by atoms with Crippen molar-refractivity contribution in [2.75, 3.05) is 51.2 Å². The van der Waals surface area contributed by atoms with Gasteiger partial charge in [0.05, 0.1) is 6.04 Å². The number of hydrogen-bond acceptors (Lipinski definition) is 4. The Hall–Kier alpha value is -1.66. The van der Waals surface area contributed by atoms with Gasteiger partial charge in [-0.15, -0.1) is 0 Å². The fourth-order valence-corrected chi connectivity index (χ4v) is 2.81. The summed E-state index contributed by atoms with van der Waals surface area (Å²) in [5.41, 5.74) is 1.04. The summed E-state index contributed by atoms with van der Waals surface area (Å²) in [6.07, 6.45) is 0.938. The molecule has 1 aliphatic heterocycles. The Bertz CT molecular complexity index is 486. The number of benzene rings is 1. The second-order valence-corrected chi connectivity index (χ2v) is 5.92. The Morgan fingerprint density at radius 2 is 1.83 bits per heavy atom. The lowest BCUT2D eigenvalue weighted by atomic mass is 10.2. The molecule has 1 aromatic rings. The highest BCUT2D eigenvalue weighted by Gasteiger charge is 2.25. The van der Waals surface area contributed by atoms with E-state index in [1.54, 1.807) is 0 Å². The van der Waals surface area contributed by atoms with Crippen LogP contribution in [0.25, 0.3) is 0 Å². The Morgan fingerprint density at radius 1 is 1.17 bits per heavy atom. The summed E-state index contributed by atoms with van der Waals surface area (Å²) in [5.74, 6) is -0.118. The second-order valence-electron chi connectivity index (χ2n) is 5.92. The molecule has 0 saturated carbocycles. The lowest BCUT2D eigenvalue weighted by Gasteiger charge is -2.38. The van der Waals surface area contributed by atoms with Crippen molar-refractivity contribution in [2.24, 2.45) is 0 Å². The topological polar surface area (TPSA) is 47.6 Å². The van der Waals surface area contributed by atoms with Crippen LogP contribution in [0.4, 0.5) is 10.1 Å². The van der Waals surface area contributed by atoms with Gasteiger partial charge in [0.2, 0.25) is 5.91 Å². The molecule has 1 atom stereocenters. The van der Waals surface area contributed by atoms with Crippen LogP contribution in [0.15, 0.2) is 24.3 Å². The third-order valence-corrected chi connectivity index (χ3v) is 4.34. The Labute approximate surface area is 137 Å². The van der Waals surface area contributed by atoms with Gasteiger partial charge in [0, 0.05) is 38.4 Å². The van der Waals surface area contributed by atoms with Crippen LogP contribution in [-0.4, -0.2) is 63.2 Å². The summed E-state index contributed by atoms with van der Waals surface area (Å²) in [6.45, 7) is 6.95. The normalized spacial score (nSPS) is 17.1. The molecule has 1 fully saturated rings. The van der Waals surface area contributed by atoms with E-state index in [9.17, 15) is 9.18 Å². The van der Waals surface area contributed by atoms with E-state index in [0.717, 1.165) is 44.8 Å². The number of piperazine rings is 1. The van der Waals surface area contributed by atoms with E-state index < -0.39 is 0 Å². The van der Waals surface area contributed by atoms with Crippen molar-refractivity contribution in [3.05, 3.63) is 30.1 Å². The quantitative estimate of drug-likeness (QED) is 0.737. The zero-order valence-corrected chi connectivity index (χ0v) is 14.0. The predicted octanol–water partition coefficient (Wildman–Crippen LogP) is 1.06. The van der Waals surface area contributed by atoms with Gasteiger partial charge in [-0.3, -0.25) is 9.69 Å². The van der Waals surface area contributed by atoms with Gasteiger partial charge < -0.3 is 15.5 Å². The lowest BCUT2D eigenvalue weighted by molar-refractivity contribution is -0.126. The van der Waals surface area contributed by atoms with Crippen LogP contribution in [0, 0.1) is 5.82 Å². The van der Waals surface area contributed by atoms with E-state index >= 15 is 0 Å². The summed E-state index contributed by atoms with van der Waals surface area (Å²) >= 11 is 0. The largest absolute Gasteiger partial charge is 0.369 e. The average molecular weight is 322 g/mol. The van der Waals surface area contributed by atoms with Gasteiger partial charge in [-0.25, -0.2) is 4.39 Å². The van der Waals surface area contributed by atoms with Gasteiger partial charge in [0.15, 0.2) is 0 Å². The lowest BCUT2D eigenvalue weighted by Crippen LogP contribution is -2.54.